The van der Waals surface area contributed by atoms with E-state index in [1.807, 2.05) is 0 Å². The number of nitrogens with zero attached hydrogens (tertiary/aromatic N) is 1. The Morgan fingerprint density at radius 1 is 1.22 bits per heavy atom. The van der Waals surface area contributed by atoms with Gasteiger partial charge in [0.1, 0.15) is 0 Å². The first-order valence-electron chi connectivity index (χ1n) is 6.70. The Kier molecular flexibility index (Phi) is 11.7. The molecule has 110 valence electrons. The van der Waals surface area contributed by atoms with Crippen molar-refractivity contribution < 1.29 is 14.6 Å². The van der Waals surface area contributed by atoms with E-state index in [1.54, 1.807) is 7.11 Å². The number of likely N-dealkylation sites (N-methyl/N-ethyl adjacent to an activating group) is 1. The highest BCUT2D eigenvalue weighted by molar-refractivity contribution is 4.60. The minimum atomic E-state index is -0.423. The Bertz CT molecular complexity index is 180. The molecule has 5 nitrogen and oxygen atoms in total. The Morgan fingerprint density at radius 2 is 1.94 bits per heavy atom. The topological polar surface area (TPSA) is 54.0 Å². The van der Waals surface area contributed by atoms with Gasteiger partial charge in [0.25, 0.3) is 0 Å². The van der Waals surface area contributed by atoms with Crippen LogP contribution >= 0.6 is 0 Å². The Balaban J connectivity index is 3.31. The number of ether oxygens (including phenoxy) is 2. The molecule has 0 amide bonds. The minimum Gasteiger partial charge on any atom is -0.389 e. The van der Waals surface area contributed by atoms with Crippen LogP contribution in [0.1, 0.15) is 13.8 Å². The fourth-order valence-corrected chi connectivity index (χ4v) is 1.40. The molecular weight excluding hydrogens is 232 g/mol. The summed E-state index contributed by atoms with van der Waals surface area (Å²) in [5.74, 6) is 0.514. The molecular formula is C13H30N2O3. The molecule has 0 saturated carbocycles. The smallest absolute Gasteiger partial charge is 0.0897 e. The van der Waals surface area contributed by atoms with Crippen LogP contribution in [-0.4, -0.2) is 76.3 Å². The molecule has 0 aromatic rings. The van der Waals surface area contributed by atoms with Crippen LogP contribution in [0.15, 0.2) is 0 Å². The molecule has 0 heterocycles. The summed E-state index contributed by atoms with van der Waals surface area (Å²) in [6.07, 6.45) is -0.423. The second-order valence-electron chi connectivity index (χ2n) is 5.09. The fraction of sp³-hybridized carbons (Fsp3) is 1.00. The van der Waals surface area contributed by atoms with Crippen molar-refractivity contribution in [1.29, 1.82) is 0 Å². The molecule has 0 spiro atoms. The monoisotopic (exact) mass is 262 g/mol. The van der Waals surface area contributed by atoms with Gasteiger partial charge in [-0.2, -0.15) is 0 Å². The summed E-state index contributed by atoms with van der Waals surface area (Å²) in [4.78, 5) is 2.19. The highest BCUT2D eigenvalue weighted by Crippen LogP contribution is 1.93. The standard InChI is InChI=1S/C13H30N2O3/c1-12(2)10-18-11-13(16)9-14-5-6-15(3)7-8-17-4/h12-14,16H,5-11H2,1-4H3. The summed E-state index contributed by atoms with van der Waals surface area (Å²) >= 11 is 0. The number of nitrogens with one attached hydrogen (secondary N) is 1. The van der Waals surface area contributed by atoms with Crippen LogP contribution in [-0.2, 0) is 9.47 Å². The number of aliphatic hydroxyl groups excluding tert-OH is 1. The molecule has 0 aliphatic heterocycles. The molecule has 2 N–H and O–H groups in total. The third kappa shape index (κ3) is 12.3. The number of hydrogen-bond acceptors (Lipinski definition) is 5. The summed E-state index contributed by atoms with van der Waals surface area (Å²) in [6, 6.07) is 0. The van der Waals surface area contributed by atoms with Crippen LogP contribution in [0.3, 0.4) is 0 Å². The van der Waals surface area contributed by atoms with E-state index in [-0.39, 0.29) is 0 Å². The molecule has 5 heteroatoms. The molecule has 18 heavy (non-hydrogen) atoms. The van der Waals surface area contributed by atoms with Gasteiger partial charge in [-0.15, -0.1) is 0 Å². The van der Waals surface area contributed by atoms with Crippen LogP contribution in [0.5, 0.6) is 0 Å². The normalized spacial score (nSPS) is 13.5. The average Bonchev–Trinajstić information content (AvgIpc) is 2.31. The minimum absolute atomic E-state index is 0.407. The van der Waals surface area contributed by atoms with Crippen molar-refractivity contribution in [2.24, 2.45) is 5.92 Å². The third-order valence-corrected chi connectivity index (χ3v) is 2.49. The predicted octanol–water partition coefficient (Wildman–Crippen LogP) is 0.188. The van der Waals surface area contributed by atoms with Gasteiger partial charge in [-0.3, -0.25) is 0 Å². The maximum Gasteiger partial charge on any atom is 0.0897 e. The largest absolute Gasteiger partial charge is 0.389 e. The van der Waals surface area contributed by atoms with E-state index in [9.17, 15) is 5.11 Å². The zero-order chi connectivity index (χ0) is 13.8. The lowest BCUT2D eigenvalue weighted by Crippen LogP contribution is -2.36. The molecule has 0 bridgehead atoms. The summed E-state index contributed by atoms with van der Waals surface area (Å²) in [5.41, 5.74) is 0. The van der Waals surface area contributed by atoms with Gasteiger partial charge in [-0.25, -0.2) is 0 Å². The first kappa shape index (κ1) is 17.8. The quantitative estimate of drug-likeness (QED) is 0.492. The van der Waals surface area contributed by atoms with Crippen molar-refractivity contribution in [2.45, 2.75) is 20.0 Å². The van der Waals surface area contributed by atoms with E-state index >= 15 is 0 Å². The van der Waals surface area contributed by atoms with Crippen molar-refractivity contribution in [1.82, 2.24) is 10.2 Å². The Hall–Kier alpha value is -0.200. The SMILES string of the molecule is COCCN(C)CCNCC(O)COCC(C)C. The summed E-state index contributed by atoms with van der Waals surface area (Å²) in [7, 11) is 3.77. The number of rotatable bonds is 12. The van der Waals surface area contributed by atoms with E-state index in [0.717, 1.165) is 26.2 Å². The zero-order valence-corrected chi connectivity index (χ0v) is 12.3. The molecule has 1 atom stereocenters. The maximum atomic E-state index is 9.65. The van der Waals surface area contributed by atoms with Gasteiger partial charge in [-0.05, 0) is 13.0 Å². The molecule has 0 saturated heterocycles. The zero-order valence-electron chi connectivity index (χ0n) is 12.3. The first-order chi connectivity index (χ1) is 8.56. The molecule has 0 rings (SSSR count). The van der Waals surface area contributed by atoms with Crippen LogP contribution in [0.2, 0.25) is 0 Å². The second-order valence-corrected chi connectivity index (χ2v) is 5.09. The number of methoxy groups -OCH3 is 1. The van der Waals surface area contributed by atoms with Gasteiger partial charge in [0.05, 0.1) is 19.3 Å². The highest BCUT2D eigenvalue weighted by Gasteiger charge is 2.04. The lowest BCUT2D eigenvalue weighted by molar-refractivity contribution is 0.0260. The van der Waals surface area contributed by atoms with Crippen LogP contribution < -0.4 is 5.32 Å². The molecule has 0 aromatic heterocycles. The highest BCUT2D eigenvalue weighted by atomic mass is 16.5. The molecule has 0 aliphatic rings. The first-order valence-corrected chi connectivity index (χ1v) is 6.70. The number of hydrogen-bond donors (Lipinski definition) is 2. The Morgan fingerprint density at radius 3 is 2.56 bits per heavy atom. The van der Waals surface area contributed by atoms with Crippen molar-refractivity contribution in [3.8, 4) is 0 Å². The van der Waals surface area contributed by atoms with Crippen LogP contribution in [0.4, 0.5) is 0 Å². The maximum absolute atomic E-state index is 9.65. The molecule has 0 aliphatic carbocycles. The van der Waals surface area contributed by atoms with E-state index in [2.05, 4.69) is 31.1 Å². The van der Waals surface area contributed by atoms with Crippen LogP contribution in [0, 0.1) is 5.92 Å². The van der Waals surface area contributed by atoms with Gasteiger partial charge in [0.2, 0.25) is 0 Å². The molecule has 0 aromatic carbocycles. The van der Waals surface area contributed by atoms with E-state index < -0.39 is 6.10 Å². The van der Waals surface area contributed by atoms with Gasteiger partial charge < -0.3 is 24.8 Å². The lowest BCUT2D eigenvalue weighted by atomic mass is 10.2. The third-order valence-electron chi connectivity index (χ3n) is 2.49. The van der Waals surface area contributed by atoms with Gasteiger partial charge in [-0.1, -0.05) is 13.8 Å². The van der Waals surface area contributed by atoms with Gasteiger partial charge >= 0.3 is 0 Å². The van der Waals surface area contributed by atoms with Gasteiger partial charge in [0.15, 0.2) is 0 Å². The van der Waals surface area contributed by atoms with E-state index in [4.69, 9.17) is 9.47 Å². The van der Waals surface area contributed by atoms with Crippen molar-refractivity contribution in [2.75, 3.05) is 60.2 Å². The Labute approximate surface area is 111 Å². The molecule has 1 unspecified atom stereocenters. The summed E-state index contributed by atoms with van der Waals surface area (Å²) in [6.45, 7) is 9.38. The fourth-order valence-electron chi connectivity index (χ4n) is 1.40. The van der Waals surface area contributed by atoms with Crippen molar-refractivity contribution >= 4 is 0 Å². The predicted molar refractivity (Wildman–Crippen MR) is 73.9 cm³/mol. The van der Waals surface area contributed by atoms with Gasteiger partial charge in [0, 0.05) is 39.9 Å². The van der Waals surface area contributed by atoms with Crippen molar-refractivity contribution in [3.63, 3.8) is 0 Å². The number of aliphatic hydroxyl groups is 1. The average molecular weight is 262 g/mol. The van der Waals surface area contributed by atoms with Crippen molar-refractivity contribution in [3.05, 3.63) is 0 Å². The summed E-state index contributed by atoms with van der Waals surface area (Å²) < 4.78 is 10.4. The van der Waals surface area contributed by atoms with Crippen LogP contribution in [0.25, 0.3) is 0 Å². The lowest BCUT2D eigenvalue weighted by Gasteiger charge is -2.17. The van der Waals surface area contributed by atoms with E-state index in [0.29, 0.717) is 25.7 Å². The molecule has 0 radical (unpaired) electrons. The van der Waals surface area contributed by atoms with E-state index in [1.165, 1.54) is 0 Å². The molecule has 0 fully saturated rings. The second kappa shape index (κ2) is 11.9. The summed E-state index contributed by atoms with van der Waals surface area (Å²) in [5, 5.41) is 12.9.